The average Bonchev–Trinajstić information content (AvgIpc) is 2.77. The number of thiophene rings is 1. The van der Waals surface area contributed by atoms with Crippen LogP contribution in [-0.4, -0.2) is 80.2 Å². The number of nitrogens with zero attached hydrogens (tertiary/aromatic N) is 1. The first-order valence-corrected chi connectivity index (χ1v) is 6.71. The van der Waals surface area contributed by atoms with Crippen LogP contribution in [0.1, 0.15) is 16.2 Å². The minimum atomic E-state index is -1.24. The Labute approximate surface area is 174 Å². The predicted molar refractivity (Wildman–Crippen MR) is 91.7 cm³/mol. The number of aryl methyl sites for hydroxylation is 1. The number of rotatable bonds is 2. The van der Waals surface area contributed by atoms with Gasteiger partial charge in [-0.15, -0.1) is 11.3 Å². The number of nitrogens with one attached hydrogen (secondary N) is 1. The van der Waals surface area contributed by atoms with E-state index in [0.717, 1.165) is 16.0 Å². The molecule has 0 atom stereocenters. The first-order chi connectivity index (χ1) is 9.58. The number of aromatic amines is 1. The van der Waals surface area contributed by atoms with E-state index >= 15 is 0 Å². The Bertz CT molecular complexity index is 875. The summed E-state index contributed by atoms with van der Waals surface area (Å²) in [6, 6.07) is 9.65. The Morgan fingerprint density at radius 3 is 2.45 bits per heavy atom. The average molecular weight is 334 g/mol. The maximum atomic E-state index is 12.0. The molecule has 104 valence electrons. The second-order valence-corrected chi connectivity index (χ2v) is 5.32. The van der Waals surface area contributed by atoms with Gasteiger partial charge in [0.25, 0.3) is 5.56 Å². The molecule has 5 nitrogen and oxygen atoms in total. The Morgan fingerprint density at radius 2 is 1.86 bits per heavy atom. The summed E-state index contributed by atoms with van der Waals surface area (Å²) in [5.74, 6) is -1.57. The van der Waals surface area contributed by atoms with Crippen LogP contribution in [0.15, 0.2) is 35.1 Å². The Kier molecular flexibility index (Phi) is 7.01. The third-order valence-electron chi connectivity index (χ3n) is 3.04. The number of fused-ring (bicyclic) bond motifs is 1. The van der Waals surface area contributed by atoms with Crippen molar-refractivity contribution in [3.8, 4) is 10.4 Å². The summed E-state index contributed by atoms with van der Waals surface area (Å²) in [6.45, 7) is 1.85. The summed E-state index contributed by atoms with van der Waals surface area (Å²) in [5, 5.41) is 9.39. The van der Waals surface area contributed by atoms with E-state index in [4.69, 9.17) is 5.11 Å². The van der Waals surface area contributed by atoms with Crippen molar-refractivity contribution in [3.05, 3.63) is 52.1 Å². The Balaban J connectivity index is 0.00000121. The monoisotopic (exact) mass is 334 g/mol. The van der Waals surface area contributed by atoms with Crippen LogP contribution in [0, 0.1) is 6.92 Å². The maximum absolute atomic E-state index is 12.0. The molecular formula is C14H12N2Na2O3S. The molecule has 2 aromatic heterocycles. The van der Waals surface area contributed by atoms with Crippen molar-refractivity contribution in [2.75, 3.05) is 0 Å². The van der Waals surface area contributed by atoms with Crippen molar-refractivity contribution in [2.24, 2.45) is 0 Å². The van der Waals surface area contributed by atoms with Crippen LogP contribution in [0.3, 0.4) is 0 Å². The third kappa shape index (κ3) is 3.54. The summed E-state index contributed by atoms with van der Waals surface area (Å²) in [5.41, 5.74) is 1.40. The number of hydrogen-bond acceptors (Lipinski definition) is 4. The molecule has 8 heteroatoms. The minimum absolute atomic E-state index is 0. The molecule has 0 saturated carbocycles. The predicted octanol–water partition coefficient (Wildman–Crippen LogP) is 1.36. The normalized spacial score (nSPS) is 9.86. The number of carboxylic acid groups (broad SMARTS) is 1. The molecule has 3 aromatic rings. The zero-order chi connectivity index (χ0) is 14.3. The van der Waals surface area contributed by atoms with Crippen LogP contribution in [0.5, 0.6) is 0 Å². The molecule has 22 heavy (non-hydrogen) atoms. The fourth-order valence-electron chi connectivity index (χ4n) is 2.11. The van der Waals surface area contributed by atoms with Gasteiger partial charge in [0.1, 0.15) is 4.83 Å². The second-order valence-electron chi connectivity index (χ2n) is 4.32. The van der Waals surface area contributed by atoms with Crippen molar-refractivity contribution in [1.29, 1.82) is 0 Å². The van der Waals surface area contributed by atoms with Gasteiger partial charge in [0.15, 0.2) is 0 Å². The topological polar surface area (TPSA) is 83.0 Å². The first-order valence-electron chi connectivity index (χ1n) is 5.90. The van der Waals surface area contributed by atoms with Gasteiger partial charge in [-0.3, -0.25) is 4.79 Å². The molecule has 2 N–H and O–H groups in total. The summed E-state index contributed by atoms with van der Waals surface area (Å²) in [4.78, 5) is 30.6. The number of hydrogen-bond donors (Lipinski definition) is 2. The van der Waals surface area contributed by atoms with Crippen molar-refractivity contribution >= 4 is 86.6 Å². The van der Waals surface area contributed by atoms with E-state index < -0.39 is 11.5 Å². The van der Waals surface area contributed by atoms with Crippen LogP contribution in [0.2, 0.25) is 0 Å². The van der Waals surface area contributed by atoms with E-state index in [0.29, 0.717) is 10.2 Å². The summed E-state index contributed by atoms with van der Waals surface area (Å²) < 4.78 is 0. The van der Waals surface area contributed by atoms with Gasteiger partial charge >= 0.3 is 65.1 Å². The van der Waals surface area contributed by atoms with Gasteiger partial charge in [0, 0.05) is 4.88 Å². The number of aromatic nitrogens is 2. The van der Waals surface area contributed by atoms with Crippen molar-refractivity contribution in [1.82, 2.24) is 9.97 Å². The number of benzene rings is 1. The molecule has 0 unspecified atom stereocenters. The molecule has 0 saturated heterocycles. The molecule has 0 radical (unpaired) electrons. The molecule has 0 aliphatic heterocycles. The van der Waals surface area contributed by atoms with Crippen LogP contribution in [0.25, 0.3) is 20.7 Å². The Morgan fingerprint density at radius 1 is 1.23 bits per heavy atom. The van der Waals surface area contributed by atoms with Crippen LogP contribution in [0.4, 0.5) is 0 Å². The van der Waals surface area contributed by atoms with E-state index in [1.54, 1.807) is 0 Å². The van der Waals surface area contributed by atoms with Crippen LogP contribution < -0.4 is 5.56 Å². The van der Waals surface area contributed by atoms with Gasteiger partial charge in [-0.05, 0) is 18.1 Å². The fourth-order valence-corrected chi connectivity index (χ4v) is 3.30. The summed E-state index contributed by atoms with van der Waals surface area (Å²) in [6.07, 6.45) is 0. The molecule has 1 aromatic carbocycles. The zero-order valence-electron chi connectivity index (χ0n) is 10.5. The van der Waals surface area contributed by atoms with Gasteiger partial charge in [0.2, 0.25) is 5.82 Å². The van der Waals surface area contributed by atoms with E-state index in [1.165, 1.54) is 11.3 Å². The first kappa shape index (κ1) is 19.6. The molecule has 0 fully saturated rings. The second kappa shape index (κ2) is 7.88. The van der Waals surface area contributed by atoms with Crippen LogP contribution >= 0.6 is 11.3 Å². The molecule has 0 aliphatic carbocycles. The molecular weight excluding hydrogens is 322 g/mol. The number of carboxylic acids is 1. The van der Waals surface area contributed by atoms with Crippen LogP contribution in [-0.2, 0) is 0 Å². The van der Waals surface area contributed by atoms with Crippen molar-refractivity contribution < 1.29 is 9.90 Å². The summed E-state index contributed by atoms with van der Waals surface area (Å²) in [7, 11) is 0. The summed E-state index contributed by atoms with van der Waals surface area (Å²) >= 11 is 1.33. The van der Waals surface area contributed by atoms with E-state index in [1.807, 2.05) is 37.3 Å². The number of aromatic carboxylic acids is 1. The molecule has 0 amide bonds. The van der Waals surface area contributed by atoms with Gasteiger partial charge in [-0.25, -0.2) is 9.78 Å². The number of carbonyl (C=O) groups is 1. The van der Waals surface area contributed by atoms with Crippen molar-refractivity contribution in [3.63, 3.8) is 0 Å². The van der Waals surface area contributed by atoms with E-state index in [9.17, 15) is 9.59 Å². The van der Waals surface area contributed by atoms with E-state index in [-0.39, 0.29) is 64.9 Å². The van der Waals surface area contributed by atoms with E-state index in [2.05, 4.69) is 9.97 Å². The molecule has 0 spiro atoms. The SMILES string of the molecule is Cc1c(-c2ccccc2)sc2nc(C(=O)O)[nH]c(=O)c12.[NaH].[NaH]. The quantitative estimate of drug-likeness (QED) is 0.693. The molecule has 2 heterocycles. The van der Waals surface area contributed by atoms with Gasteiger partial charge < -0.3 is 10.1 Å². The van der Waals surface area contributed by atoms with Gasteiger partial charge in [-0.2, -0.15) is 0 Å². The molecule has 0 aliphatic rings. The third-order valence-corrected chi connectivity index (χ3v) is 4.27. The van der Waals surface area contributed by atoms with Crippen molar-refractivity contribution in [2.45, 2.75) is 6.92 Å². The fraction of sp³-hybridized carbons (Fsp3) is 0.0714. The molecule has 3 rings (SSSR count). The van der Waals surface area contributed by atoms with Gasteiger partial charge in [-0.1, -0.05) is 30.3 Å². The Hall–Kier alpha value is -0.470. The van der Waals surface area contributed by atoms with Gasteiger partial charge in [0.05, 0.1) is 5.39 Å². The zero-order valence-corrected chi connectivity index (χ0v) is 11.3. The standard InChI is InChI=1S/C14H10N2O3S.2Na.2H/c1-7-9-12(17)15-11(14(18)19)16-13(9)20-10(7)8-5-3-2-4-6-8;;;;/h2-6H,1H3,(H,18,19)(H,15,16,17);;;;. The number of H-pyrrole nitrogens is 1. The molecule has 0 bridgehead atoms.